The number of nitrogens with one attached hydrogen (secondary N) is 1. The van der Waals surface area contributed by atoms with Crippen molar-refractivity contribution in [2.45, 2.75) is 6.92 Å². The number of benzene rings is 2. The molecule has 148 valence electrons. The highest BCUT2D eigenvalue weighted by Crippen LogP contribution is 2.30. The van der Waals surface area contributed by atoms with Crippen molar-refractivity contribution < 1.29 is 32.6 Å². The van der Waals surface area contributed by atoms with Crippen LogP contribution >= 0.6 is 11.8 Å². The first-order valence-electron chi connectivity index (χ1n) is 8.08. The third-order valence-electron chi connectivity index (χ3n) is 3.52. The van der Waals surface area contributed by atoms with Gasteiger partial charge in [-0.25, -0.2) is 18.4 Å². The molecule has 0 heterocycles. The third kappa shape index (κ3) is 5.78. The van der Waals surface area contributed by atoms with Gasteiger partial charge in [0.25, 0.3) is 0 Å². The normalized spacial score (nSPS) is 10.3. The van der Waals surface area contributed by atoms with Gasteiger partial charge in [-0.15, -0.1) is 0 Å². The van der Waals surface area contributed by atoms with E-state index >= 15 is 0 Å². The smallest absolute Gasteiger partial charge is 0.372 e. The summed E-state index contributed by atoms with van der Waals surface area (Å²) in [5.41, 5.74) is 0.282. The molecule has 0 aliphatic carbocycles. The number of carbonyl (C=O) groups is 3. The Labute approximate surface area is 164 Å². The zero-order valence-corrected chi connectivity index (χ0v) is 15.9. The van der Waals surface area contributed by atoms with Gasteiger partial charge in [0.15, 0.2) is 0 Å². The van der Waals surface area contributed by atoms with Crippen molar-refractivity contribution in [1.82, 2.24) is 5.32 Å². The fourth-order valence-corrected chi connectivity index (χ4v) is 2.78. The van der Waals surface area contributed by atoms with Gasteiger partial charge in [0, 0.05) is 30.9 Å². The van der Waals surface area contributed by atoms with E-state index in [9.17, 15) is 23.2 Å². The molecular weight excluding hydrogens is 392 g/mol. The maximum atomic E-state index is 14.0. The predicted octanol–water partition coefficient (Wildman–Crippen LogP) is 3.79. The summed E-state index contributed by atoms with van der Waals surface area (Å²) in [5.74, 6) is -2.30. The summed E-state index contributed by atoms with van der Waals surface area (Å²) >= 11 is 0.816. The van der Waals surface area contributed by atoms with Crippen LogP contribution in [0.2, 0.25) is 0 Å². The molecule has 0 saturated carbocycles. The van der Waals surface area contributed by atoms with Crippen LogP contribution in [0.1, 0.15) is 17.3 Å². The molecule has 0 saturated heterocycles. The first kappa shape index (κ1) is 21.4. The standard InChI is InChI=1S/C19H17F2NO5S/c1-11(23)22-7-8-28-19(25)27-17-6-3-12(9-15(17)18(24)26-2)14-5-4-13(20)10-16(14)21/h3-6,9-10H,7-8H2,1-2H3,(H,22,23). The molecule has 0 aliphatic heterocycles. The lowest BCUT2D eigenvalue weighted by Gasteiger charge is -2.11. The van der Waals surface area contributed by atoms with Crippen molar-refractivity contribution in [3.63, 3.8) is 0 Å². The zero-order valence-electron chi connectivity index (χ0n) is 15.1. The number of thioether (sulfide) groups is 1. The largest absolute Gasteiger partial charge is 0.465 e. The Bertz CT molecular complexity index is 904. The average Bonchev–Trinajstić information content (AvgIpc) is 2.65. The van der Waals surface area contributed by atoms with Crippen LogP contribution in [0.4, 0.5) is 13.6 Å². The molecular formula is C19H17F2NO5S. The summed E-state index contributed by atoms with van der Waals surface area (Å²) in [6.45, 7) is 1.64. The Hall–Kier alpha value is -2.94. The minimum atomic E-state index is -0.797. The third-order valence-corrected chi connectivity index (χ3v) is 4.24. The molecule has 0 bridgehead atoms. The second-order valence-corrected chi connectivity index (χ2v) is 6.54. The molecule has 0 aliphatic rings. The maximum absolute atomic E-state index is 14.0. The molecule has 2 aromatic rings. The summed E-state index contributed by atoms with van der Waals surface area (Å²) in [4.78, 5) is 34.8. The van der Waals surface area contributed by atoms with Crippen molar-refractivity contribution in [1.29, 1.82) is 0 Å². The molecule has 0 spiro atoms. The van der Waals surface area contributed by atoms with Crippen molar-refractivity contribution in [3.8, 4) is 16.9 Å². The average molecular weight is 409 g/mol. The van der Waals surface area contributed by atoms with Gasteiger partial charge in [-0.1, -0.05) is 6.07 Å². The Morgan fingerprint density at radius 2 is 1.86 bits per heavy atom. The summed E-state index contributed by atoms with van der Waals surface area (Å²) in [6, 6.07) is 7.13. The Morgan fingerprint density at radius 1 is 1.11 bits per heavy atom. The molecule has 2 aromatic carbocycles. The van der Waals surface area contributed by atoms with Gasteiger partial charge in [-0.3, -0.25) is 4.79 Å². The molecule has 2 rings (SSSR count). The monoisotopic (exact) mass is 409 g/mol. The Balaban J connectivity index is 2.21. The summed E-state index contributed by atoms with van der Waals surface area (Å²) in [6.07, 6.45) is 0. The van der Waals surface area contributed by atoms with E-state index in [0.717, 1.165) is 31.0 Å². The number of amides is 1. The number of methoxy groups -OCH3 is 1. The zero-order chi connectivity index (χ0) is 20.7. The predicted molar refractivity (Wildman–Crippen MR) is 100 cm³/mol. The van der Waals surface area contributed by atoms with E-state index in [4.69, 9.17) is 4.74 Å². The van der Waals surface area contributed by atoms with E-state index in [1.54, 1.807) is 0 Å². The van der Waals surface area contributed by atoms with Gasteiger partial charge in [0.2, 0.25) is 5.91 Å². The Kier molecular flexibility index (Phi) is 7.51. The molecule has 0 aromatic heterocycles. The van der Waals surface area contributed by atoms with E-state index in [1.165, 1.54) is 31.2 Å². The van der Waals surface area contributed by atoms with Crippen LogP contribution in [0.5, 0.6) is 5.75 Å². The molecule has 0 atom stereocenters. The molecule has 0 fully saturated rings. The number of esters is 1. The van der Waals surface area contributed by atoms with Crippen LogP contribution in [0.25, 0.3) is 11.1 Å². The van der Waals surface area contributed by atoms with Gasteiger partial charge in [-0.2, -0.15) is 0 Å². The van der Waals surface area contributed by atoms with Gasteiger partial charge >= 0.3 is 11.3 Å². The topological polar surface area (TPSA) is 81.7 Å². The lowest BCUT2D eigenvalue weighted by Crippen LogP contribution is -2.23. The highest BCUT2D eigenvalue weighted by atomic mass is 32.2. The first-order valence-corrected chi connectivity index (χ1v) is 9.07. The number of rotatable bonds is 6. The molecule has 28 heavy (non-hydrogen) atoms. The SMILES string of the molecule is COC(=O)c1cc(-c2ccc(F)cc2F)ccc1OC(=O)SCCNC(C)=O. The Morgan fingerprint density at radius 3 is 2.50 bits per heavy atom. The number of carbonyl (C=O) groups excluding carboxylic acids is 3. The summed E-state index contributed by atoms with van der Waals surface area (Å²) in [5, 5.41) is 1.85. The lowest BCUT2D eigenvalue weighted by molar-refractivity contribution is -0.118. The fourth-order valence-electron chi connectivity index (χ4n) is 2.26. The van der Waals surface area contributed by atoms with Gasteiger partial charge in [0.05, 0.1) is 7.11 Å². The minimum absolute atomic E-state index is 0.0600. The molecule has 1 amide bonds. The van der Waals surface area contributed by atoms with Crippen molar-refractivity contribution in [2.24, 2.45) is 0 Å². The van der Waals surface area contributed by atoms with Crippen LogP contribution in [0, 0.1) is 11.6 Å². The van der Waals surface area contributed by atoms with Gasteiger partial charge in [-0.05, 0) is 41.6 Å². The fraction of sp³-hybridized carbons (Fsp3) is 0.211. The number of hydrogen-bond donors (Lipinski definition) is 1. The summed E-state index contributed by atoms with van der Waals surface area (Å²) in [7, 11) is 1.15. The highest BCUT2D eigenvalue weighted by Gasteiger charge is 2.19. The molecule has 1 N–H and O–H groups in total. The van der Waals surface area contributed by atoms with E-state index in [2.05, 4.69) is 10.1 Å². The van der Waals surface area contributed by atoms with Crippen molar-refractivity contribution in [3.05, 3.63) is 53.6 Å². The van der Waals surface area contributed by atoms with Gasteiger partial charge < -0.3 is 14.8 Å². The van der Waals surface area contributed by atoms with Crippen LogP contribution < -0.4 is 10.1 Å². The lowest BCUT2D eigenvalue weighted by atomic mass is 10.0. The van der Waals surface area contributed by atoms with E-state index < -0.39 is 22.9 Å². The van der Waals surface area contributed by atoms with Crippen LogP contribution in [-0.2, 0) is 9.53 Å². The molecule has 9 heteroatoms. The number of halogens is 2. The van der Waals surface area contributed by atoms with Crippen molar-refractivity contribution in [2.75, 3.05) is 19.4 Å². The van der Waals surface area contributed by atoms with Gasteiger partial charge in [0.1, 0.15) is 22.9 Å². The highest BCUT2D eigenvalue weighted by molar-refractivity contribution is 8.13. The number of ether oxygens (including phenoxy) is 2. The first-order chi connectivity index (χ1) is 13.3. The molecule has 0 unspecified atom stereocenters. The van der Waals surface area contributed by atoms with E-state index in [0.29, 0.717) is 0 Å². The van der Waals surface area contributed by atoms with Crippen LogP contribution in [0.15, 0.2) is 36.4 Å². The van der Waals surface area contributed by atoms with Crippen LogP contribution in [-0.4, -0.2) is 36.6 Å². The van der Waals surface area contributed by atoms with E-state index in [1.807, 2.05) is 0 Å². The molecule has 6 nitrogen and oxygen atoms in total. The van der Waals surface area contributed by atoms with E-state index in [-0.39, 0.29) is 40.6 Å². The summed E-state index contributed by atoms with van der Waals surface area (Å²) < 4.78 is 37.0. The second kappa shape index (κ2) is 9.84. The number of hydrogen-bond acceptors (Lipinski definition) is 6. The second-order valence-electron chi connectivity index (χ2n) is 5.51. The quantitative estimate of drug-likeness (QED) is 0.578. The van der Waals surface area contributed by atoms with Crippen molar-refractivity contribution >= 4 is 28.9 Å². The van der Waals surface area contributed by atoms with Crippen LogP contribution in [0.3, 0.4) is 0 Å². The maximum Gasteiger partial charge on any atom is 0.372 e. The molecule has 0 radical (unpaired) electrons. The minimum Gasteiger partial charge on any atom is -0.465 e.